The van der Waals surface area contributed by atoms with Gasteiger partial charge in [0, 0.05) is 64.2 Å². The summed E-state index contributed by atoms with van der Waals surface area (Å²) >= 11 is 1.80. The molecule has 1 fully saturated rings. The summed E-state index contributed by atoms with van der Waals surface area (Å²) in [6, 6.07) is 2.03. The van der Waals surface area contributed by atoms with Crippen LogP contribution in [0.3, 0.4) is 0 Å². The van der Waals surface area contributed by atoms with Crippen LogP contribution in [0.25, 0.3) is 0 Å². The molecule has 2 N–H and O–H groups in total. The zero-order chi connectivity index (χ0) is 16.7. The molecule has 0 amide bonds. The maximum atomic E-state index is 12.3. The third kappa shape index (κ3) is 5.74. The van der Waals surface area contributed by atoms with Crippen molar-refractivity contribution in [3.05, 3.63) is 24.0 Å². The van der Waals surface area contributed by atoms with Crippen molar-refractivity contribution in [2.24, 2.45) is 12.0 Å². The van der Waals surface area contributed by atoms with Crippen molar-refractivity contribution in [1.82, 2.24) is 19.5 Å². The van der Waals surface area contributed by atoms with Crippen molar-refractivity contribution < 1.29 is 8.42 Å². The van der Waals surface area contributed by atoms with E-state index in [4.69, 9.17) is 0 Å². The molecule has 0 aliphatic carbocycles. The molecule has 0 saturated carbocycles. The minimum atomic E-state index is -3.18. The molecule has 1 aliphatic heterocycles. The molecule has 0 atom stereocenters. The second-order valence-electron chi connectivity index (χ2n) is 5.37. The van der Waals surface area contributed by atoms with Gasteiger partial charge < -0.3 is 15.2 Å². The molecule has 0 aromatic carbocycles. The quantitative estimate of drug-likeness (QED) is 0.555. The number of aryl methyl sites for hydroxylation is 1. The maximum Gasteiger partial charge on any atom is 0.215 e. The van der Waals surface area contributed by atoms with Gasteiger partial charge in [0.05, 0.1) is 5.75 Å². The number of hydrogen-bond acceptors (Lipinski definition) is 4. The zero-order valence-electron chi connectivity index (χ0n) is 13.7. The van der Waals surface area contributed by atoms with Crippen LogP contribution in [-0.2, 0) is 23.6 Å². The standard InChI is InChI=1S/C14H25N5O2S2/c1-15-14(17-11-13-3-5-18(2)12-13)16-4-10-23(20,21)19-6-8-22-9-7-19/h3,5,12H,4,6-11H2,1-2H3,(H2,15,16,17). The topological polar surface area (TPSA) is 78.7 Å². The highest BCUT2D eigenvalue weighted by molar-refractivity contribution is 7.99. The molecule has 23 heavy (non-hydrogen) atoms. The molecular weight excluding hydrogens is 334 g/mol. The largest absolute Gasteiger partial charge is 0.357 e. The van der Waals surface area contributed by atoms with Crippen LogP contribution in [0.15, 0.2) is 23.5 Å². The Morgan fingerprint density at radius 3 is 2.70 bits per heavy atom. The predicted octanol–water partition coefficient (Wildman–Crippen LogP) is 0.0687. The number of nitrogens with one attached hydrogen (secondary N) is 2. The van der Waals surface area contributed by atoms with Gasteiger partial charge in [-0.05, 0) is 11.6 Å². The van der Waals surface area contributed by atoms with Crippen LogP contribution in [0.2, 0.25) is 0 Å². The van der Waals surface area contributed by atoms with Crippen molar-refractivity contribution in [2.75, 3.05) is 43.9 Å². The number of hydrogen-bond donors (Lipinski definition) is 2. The van der Waals surface area contributed by atoms with E-state index in [0.29, 0.717) is 32.1 Å². The van der Waals surface area contributed by atoms with Crippen molar-refractivity contribution in [3.8, 4) is 0 Å². The molecule has 0 radical (unpaired) electrons. The van der Waals surface area contributed by atoms with Crippen molar-refractivity contribution in [2.45, 2.75) is 6.54 Å². The molecule has 1 saturated heterocycles. The number of sulfonamides is 1. The monoisotopic (exact) mass is 359 g/mol. The highest BCUT2D eigenvalue weighted by atomic mass is 32.2. The van der Waals surface area contributed by atoms with E-state index in [2.05, 4.69) is 15.6 Å². The third-order valence-corrected chi connectivity index (χ3v) is 6.41. The van der Waals surface area contributed by atoms with E-state index in [1.54, 1.807) is 23.1 Å². The number of aliphatic imine (C=N–C) groups is 1. The lowest BCUT2D eigenvalue weighted by Crippen LogP contribution is -2.44. The Hall–Kier alpha value is -1.19. The number of guanidine groups is 1. The number of thioether (sulfide) groups is 1. The summed E-state index contributed by atoms with van der Waals surface area (Å²) < 4.78 is 28.1. The Morgan fingerprint density at radius 2 is 2.09 bits per heavy atom. The van der Waals surface area contributed by atoms with Gasteiger partial charge in [-0.15, -0.1) is 0 Å². The highest BCUT2D eigenvalue weighted by Gasteiger charge is 2.23. The van der Waals surface area contributed by atoms with E-state index in [1.165, 1.54) is 0 Å². The fraction of sp³-hybridized carbons (Fsp3) is 0.643. The van der Waals surface area contributed by atoms with Gasteiger partial charge in [0.15, 0.2) is 5.96 Å². The van der Waals surface area contributed by atoms with Crippen LogP contribution >= 0.6 is 11.8 Å². The SMILES string of the molecule is CN=C(NCCS(=O)(=O)N1CCSCC1)NCc1ccn(C)c1. The molecule has 1 aromatic heterocycles. The summed E-state index contributed by atoms with van der Waals surface area (Å²) in [5, 5.41) is 6.24. The fourth-order valence-corrected chi connectivity index (χ4v) is 4.82. The van der Waals surface area contributed by atoms with Crippen LogP contribution in [0.4, 0.5) is 0 Å². The Balaban J connectivity index is 1.74. The first-order valence-electron chi connectivity index (χ1n) is 7.62. The molecule has 7 nitrogen and oxygen atoms in total. The van der Waals surface area contributed by atoms with Crippen LogP contribution in [0, 0.1) is 0 Å². The van der Waals surface area contributed by atoms with E-state index in [1.807, 2.05) is 30.1 Å². The lowest BCUT2D eigenvalue weighted by atomic mass is 10.3. The van der Waals surface area contributed by atoms with Gasteiger partial charge in [0.1, 0.15) is 0 Å². The van der Waals surface area contributed by atoms with Gasteiger partial charge in [-0.3, -0.25) is 4.99 Å². The van der Waals surface area contributed by atoms with Gasteiger partial charge in [-0.25, -0.2) is 12.7 Å². The van der Waals surface area contributed by atoms with E-state index >= 15 is 0 Å². The first kappa shape index (κ1) is 18.2. The second-order valence-corrected chi connectivity index (χ2v) is 8.68. The number of rotatable bonds is 6. The van der Waals surface area contributed by atoms with Crippen LogP contribution < -0.4 is 10.6 Å². The zero-order valence-corrected chi connectivity index (χ0v) is 15.3. The van der Waals surface area contributed by atoms with Gasteiger partial charge >= 0.3 is 0 Å². The van der Waals surface area contributed by atoms with E-state index in [0.717, 1.165) is 17.1 Å². The molecule has 0 unspecified atom stereocenters. The van der Waals surface area contributed by atoms with Crippen LogP contribution in [-0.4, -0.2) is 67.2 Å². The minimum absolute atomic E-state index is 0.0870. The second kappa shape index (κ2) is 8.60. The summed E-state index contributed by atoms with van der Waals surface area (Å²) in [5.74, 6) is 2.46. The Morgan fingerprint density at radius 1 is 1.35 bits per heavy atom. The predicted molar refractivity (Wildman–Crippen MR) is 96.3 cm³/mol. The molecule has 0 spiro atoms. The average molecular weight is 360 g/mol. The Kier molecular flexibility index (Phi) is 6.79. The summed E-state index contributed by atoms with van der Waals surface area (Å²) in [6.07, 6.45) is 4.01. The molecule has 1 aliphatic rings. The Labute approximate surface area is 142 Å². The lowest BCUT2D eigenvalue weighted by molar-refractivity contribution is 0.443. The summed E-state index contributed by atoms with van der Waals surface area (Å²) in [6.45, 7) is 2.24. The smallest absolute Gasteiger partial charge is 0.215 e. The number of nitrogens with zero attached hydrogens (tertiary/aromatic N) is 3. The average Bonchev–Trinajstić information content (AvgIpc) is 2.97. The fourth-order valence-electron chi connectivity index (χ4n) is 2.32. The van der Waals surface area contributed by atoms with Crippen LogP contribution in [0.1, 0.15) is 5.56 Å². The minimum Gasteiger partial charge on any atom is -0.357 e. The number of aromatic nitrogens is 1. The first-order valence-corrected chi connectivity index (χ1v) is 10.4. The highest BCUT2D eigenvalue weighted by Crippen LogP contribution is 2.12. The summed E-state index contributed by atoms with van der Waals surface area (Å²) in [4.78, 5) is 4.12. The van der Waals surface area contributed by atoms with Gasteiger partial charge in [-0.2, -0.15) is 11.8 Å². The van der Waals surface area contributed by atoms with E-state index in [9.17, 15) is 8.42 Å². The normalized spacial score (nSPS) is 17.2. The molecule has 0 bridgehead atoms. The first-order chi connectivity index (χ1) is 11.0. The van der Waals surface area contributed by atoms with E-state index in [-0.39, 0.29) is 5.75 Å². The molecule has 2 heterocycles. The van der Waals surface area contributed by atoms with Crippen LogP contribution in [0.5, 0.6) is 0 Å². The van der Waals surface area contributed by atoms with E-state index < -0.39 is 10.0 Å². The summed E-state index contributed by atoms with van der Waals surface area (Å²) in [7, 11) is 0.470. The maximum absolute atomic E-state index is 12.3. The van der Waals surface area contributed by atoms with Crippen molar-refractivity contribution >= 4 is 27.7 Å². The van der Waals surface area contributed by atoms with Gasteiger partial charge in [0.2, 0.25) is 10.0 Å². The van der Waals surface area contributed by atoms with Gasteiger partial charge in [0.25, 0.3) is 0 Å². The molecule has 130 valence electrons. The molecule has 2 rings (SSSR count). The summed E-state index contributed by atoms with van der Waals surface area (Å²) in [5.41, 5.74) is 1.15. The molecular formula is C14H25N5O2S2. The molecule has 9 heteroatoms. The van der Waals surface area contributed by atoms with Gasteiger partial charge in [-0.1, -0.05) is 0 Å². The van der Waals surface area contributed by atoms with Crippen molar-refractivity contribution in [3.63, 3.8) is 0 Å². The van der Waals surface area contributed by atoms with Crippen molar-refractivity contribution in [1.29, 1.82) is 0 Å². The third-order valence-electron chi connectivity index (χ3n) is 3.59. The lowest BCUT2D eigenvalue weighted by Gasteiger charge is -2.25. The Bertz CT molecular complexity index is 621. The molecule has 1 aromatic rings.